The van der Waals surface area contributed by atoms with Crippen LogP contribution in [-0.2, 0) is 0 Å². The number of anilines is 1. The van der Waals surface area contributed by atoms with Crippen LogP contribution >= 0.6 is 11.6 Å². The lowest BCUT2D eigenvalue weighted by molar-refractivity contribution is 0.946. The van der Waals surface area contributed by atoms with E-state index in [2.05, 4.69) is 45.2 Å². The fourth-order valence-electron chi connectivity index (χ4n) is 2.41. The smallest absolute Gasteiger partial charge is 0.199 e. The van der Waals surface area contributed by atoms with Crippen LogP contribution in [0.15, 0.2) is 23.2 Å². The van der Waals surface area contributed by atoms with Gasteiger partial charge < -0.3 is 5.32 Å². The van der Waals surface area contributed by atoms with Gasteiger partial charge in [-0.15, -0.1) is 5.92 Å². The molecule has 20 heavy (non-hydrogen) atoms. The highest BCUT2D eigenvalue weighted by Crippen LogP contribution is 2.42. The molecule has 0 radical (unpaired) electrons. The third-order valence-electron chi connectivity index (χ3n) is 3.64. The summed E-state index contributed by atoms with van der Waals surface area (Å²) in [5.41, 5.74) is 2.33. The predicted octanol–water partition coefficient (Wildman–Crippen LogP) is 3.01. The zero-order chi connectivity index (χ0) is 13.9. The standard InChI is InChI=1S/C16H18ClN3/c1-2-3-10-20(16-18-8-9-19-16)15-7-6-13(11-14(15)17)12-4-5-12/h6-7,11-12H,4-5,8-10H2,1H3,(H,18,19). The summed E-state index contributed by atoms with van der Waals surface area (Å²) in [6, 6.07) is 6.37. The van der Waals surface area contributed by atoms with Crippen molar-refractivity contribution in [3.05, 3.63) is 28.8 Å². The minimum Gasteiger partial charge on any atom is -0.354 e. The molecule has 0 aromatic heterocycles. The molecular weight excluding hydrogens is 270 g/mol. The Morgan fingerprint density at radius 3 is 2.90 bits per heavy atom. The first-order chi connectivity index (χ1) is 9.79. The lowest BCUT2D eigenvalue weighted by atomic mass is 10.1. The maximum Gasteiger partial charge on any atom is 0.199 e. The molecule has 0 atom stereocenters. The lowest BCUT2D eigenvalue weighted by Crippen LogP contribution is -2.39. The summed E-state index contributed by atoms with van der Waals surface area (Å²) in [5, 5.41) is 4.07. The summed E-state index contributed by atoms with van der Waals surface area (Å²) < 4.78 is 0. The fraction of sp³-hybridized carbons (Fsp3) is 0.438. The van der Waals surface area contributed by atoms with Crippen molar-refractivity contribution < 1.29 is 0 Å². The Kier molecular flexibility index (Phi) is 3.84. The Balaban J connectivity index is 1.90. The molecule has 1 N–H and O–H groups in total. The number of guanidine groups is 1. The Morgan fingerprint density at radius 1 is 1.45 bits per heavy atom. The maximum absolute atomic E-state index is 6.48. The van der Waals surface area contributed by atoms with Crippen LogP contribution in [0.5, 0.6) is 0 Å². The summed E-state index contributed by atoms with van der Waals surface area (Å²) in [5.74, 6) is 7.61. The summed E-state index contributed by atoms with van der Waals surface area (Å²) in [4.78, 5) is 6.54. The maximum atomic E-state index is 6.48. The zero-order valence-corrected chi connectivity index (χ0v) is 12.4. The molecule has 1 aliphatic heterocycles. The Labute approximate surface area is 125 Å². The second-order valence-corrected chi connectivity index (χ2v) is 5.54. The average Bonchev–Trinajstić information content (AvgIpc) is 3.17. The normalized spacial score (nSPS) is 17.0. The van der Waals surface area contributed by atoms with E-state index in [1.807, 2.05) is 6.92 Å². The topological polar surface area (TPSA) is 27.6 Å². The van der Waals surface area contributed by atoms with Crippen molar-refractivity contribution in [1.82, 2.24) is 5.32 Å². The Bertz CT molecular complexity index is 593. The minimum atomic E-state index is 0.602. The highest BCUT2D eigenvalue weighted by molar-refractivity contribution is 6.34. The van der Waals surface area contributed by atoms with Crippen molar-refractivity contribution in [3.63, 3.8) is 0 Å². The summed E-state index contributed by atoms with van der Waals surface area (Å²) >= 11 is 6.48. The van der Waals surface area contributed by atoms with Gasteiger partial charge in [0.25, 0.3) is 0 Å². The van der Waals surface area contributed by atoms with Gasteiger partial charge in [0.15, 0.2) is 5.96 Å². The first-order valence-corrected chi connectivity index (χ1v) is 7.42. The second kappa shape index (κ2) is 5.76. The Hall–Kier alpha value is -1.66. The molecule has 3 nitrogen and oxygen atoms in total. The van der Waals surface area contributed by atoms with Gasteiger partial charge in [0.05, 0.1) is 23.8 Å². The van der Waals surface area contributed by atoms with Crippen molar-refractivity contribution in [2.75, 3.05) is 24.5 Å². The summed E-state index contributed by atoms with van der Waals surface area (Å²) in [7, 11) is 0. The number of hydrogen-bond donors (Lipinski definition) is 1. The second-order valence-electron chi connectivity index (χ2n) is 5.13. The van der Waals surface area contributed by atoms with Crippen LogP contribution in [0.3, 0.4) is 0 Å². The molecule has 0 unspecified atom stereocenters. The van der Waals surface area contributed by atoms with Gasteiger partial charge in [0.2, 0.25) is 0 Å². The van der Waals surface area contributed by atoms with Gasteiger partial charge in [-0.3, -0.25) is 9.89 Å². The number of benzene rings is 1. The molecule has 1 fully saturated rings. The SMILES string of the molecule is CC#CCN(C1=NCCN1)c1ccc(C2CC2)cc1Cl. The molecule has 1 saturated carbocycles. The molecule has 4 heteroatoms. The first kappa shape index (κ1) is 13.3. The van der Waals surface area contributed by atoms with Crippen molar-refractivity contribution in [2.24, 2.45) is 4.99 Å². The molecule has 0 spiro atoms. The molecule has 1 aromatic rings. The van der Waals surface area contributed by atoms with E-state index in [1.54, 1.807) is 0 Å². The predicted molar refractivity (Wildman–Crippen MR) is 84.5 cm³/mol. The van der Waals surface area contributed by atoms with Crippen molar-refractivity contribution >= 4 is 23.2 Å². The zero-order valence-electron chi connectivity index (χ0n) is 11.6. The molecule has 0 bridgehead atoms. The van der Waals surface area contributed by atoms with Crippen LogP contribution in [-0.4, -0.2) is 25.6 Å². The van der Waals surface area contributed by atoms with Crippen LogP contribution in [0.4, 0.5) is 5.69 Å². The third kappa shape index (κ3) is 2.76. The molecule has 104 valence electrons. The van der Waals surface area contributed by atoms with Gasteiger partial charge >= 0.3 is 0 Å². The van der Waals surface area contributed by atoms with Gasteiger partial charge in [-0.05, 0) is 43.4 Å². The molecular formula is C16H18ClN3. The number of hydrogen-bond acceptors (Lipinski definition) is 3. The molecule has 0 amide bonds. The summed E-state index contributed by atoms with van der Waals surface area (Å²) in [6.07, 6.45) is 2.57. The van der Waals surface area contributed by atoms with Crippen LogP contribution in [0.25, 0.3) is 0 Å². The minimum absolute atomic E-state index is 0.602. The highest BCUT2D eigenvalue weighted by Gasteiger charge is 2.25. The molecule has 2 aliphatic rings. The first-order valence-electron chi connectivity index (χ1n) is 7.04. The van der Waals surface area contributed by atoms with Crippen LogP contribution < -0.4 is 10.2 Å². The highest BCUT2D eigenvalue weighted by atomic mass is 35.5. The van der Waals surface area contributed by atoms with Crippen LogP contribution in [0.2, 0.25) is 5.02 Å². The molecule has 1 heterocycles. The van der Waals surface area contributed by atoms with E-state index in [0.717, 1.165) is 29.8 Å². The number of rotatable bonds is 3. The summed E-state index contributed by atoms with van der Waals surface area (Å²) in [6.45, 7) is 4.14. The van der Waals surface area contributed by atoms with E-state index in [1.165, 1.54) is 18.4 Å². The average molecular weight is 288 g/mol. The molecule has 3 rings (SSSR count). The van der Waals surface area contributed by atoms with Crippen molar-refractivity contribution in [2.45, 2.75) is 25.7 Å². The van der Waals surface area contributed by atoms with Crippen LogP contribution in [0.1, 0.15) is 31.2 Å². The lowest BCUT2D eigenvalue weighted by Gasteiger charge is -2.23. The van der Waals surface area contributed by atoms with Gasteiger partial charge in [0, 0.05) is 6.54 Å². The van der Waals surface area contributed by atoms with E-state index < -0.39 is 0 Å². The van der Waals surface area contributed by atoms with Gasteiger partial charge in [-0.1, -0.05) is 23.6 Å². The molecule has 0 saturated heterocycles. The number of halogens is 1. The van der Waals surface area contributed by atoms with E-state index in [4.69, 9.17) is 11.6 Å². The fourth-order valence-corrected chi connectivity index (χ4v) is 2.70. The van der Waals surface area contributed by atoms with Crippen molar-refractivity contribution in [3.8, 4) is 11.8 Å². The van der Waals surface area contributed by atoms with Gasteiger partial charge in [-0.2, -0.15) is 0 Å². The largest absolute Gasteiger partial charge is 0.354 e. The van der Waals surface area contributed by atoms with E-state index >= 15 is 0 Å². The number of nitrogens with one attached hydrogen (secondary N) is 1. The quantitative estimate of drug-likeness (QED) is 0.866. The molecule has 1 aromatic carbocycles. The number of nitrogens with zero attached hydrogens (tertiary/aromatic N) is 2. The molecule has 1 aliphatic carbocycles. The van der Waals surface area contributed by atoms with E-state index in [9.17, 15) is 0 Å². The van der Waals surface area contributed by atoms with Crippen molar-refractivity contribution in [1.29, 1.82) is 0 Å². The van der Waals surface area contributed by atoms with Crippen LogP contribution in [0, 0.1) is 11.8 Å². The third-order valence-corrected chi connectivity index (χ3v) is 3.94. The number of aliphatic imine (C=N–C) groups is 1. The monoisotopic (exact) mass is 287 g/mol. The van der Waals surface area contributed by atoms with Gasteiger partial charge in [0.1, 0.15) is 0 Å². The Morgan fingerprint density at radius 2 is 2.30 bits per heavy atom. The van der Waals surface area contributed by atoms with E-state index in [-0.39, 0.29) is 0 Å². The van der Waals surface area contributed by atoms with Gasteiger partial charge in [-0.25, -0.2) is 0 Å². The van der Waals surface area contributed by atoms with E-state index in [0.29, 0.717) is 12.5 Å².